The predicted molar refractivity (Wildman–Crippen MR) is 83.8 cm³/mol. The number of hydrogen-bond acceptors (Lipinski definition) is 2. The zero-order valence-corrected chi connectivity index (χ0v) is 12.4. The molecule has 3 aromatic rings. The van der Waals surface area contributed by atoms with Crippen molar-refractivity contribution in [1.82, 2.24) is 15.3 Å². The van der Waals surface area contributed by atoms with E-state index in [1.807, 2.05) is 12.1 Å². The summed E-state index contributed by atoms with van der Waals surface area (Å²) in [5.74, 6) is 1.34. The number of benzene rings is 2. The Kier molecular flexibility index (Phi) is 2.86. The fourth-order valence-electron chi connectivity index (χ4n) is 2.91. The smallest absolute Gasteiger partial charge is 0.116 e. The molecule has 2 aromatic carbocycles. The lowest BCUT2D eigenvalue weighted by molar-refractivity contribution is 0.576. The molecule has 4 heteroatoms. The molecule has 0 saturated carbocycles. The molecule has 100 valence electrons. The van der Waals surface area contributed by atoms with Crippen LogP contribution >= 0.6 is 15.9 Å². The zero-order valence-electron chi connectivity index (χ0n) is 10.9. The SMILES string of the molecule is Brc1ccc2nc(C3CNCc4ccccc43)[nH]c2c1. The molecule has 20 heavy (non-hydrogen) atoms. The molecule has 4 rings (SSSR count). The molecule has 0 saturated heterocycles. The van der Waals surface area contributed by atoms with Gasteiger partial charge in [-0.25, -0.2) is 4.98 Å². The fraction of sp³-hybridized carbons (Fsp3) is 0.188. The molecule has 1 unspecified atom stereocenters. The summed E-state index contributed by atoms with van der Waals surface area (Å²) in [5, 5.41) is 3.48. The minimum Gasteiger partial charge on any atom is -0.341 e. The number of aromatic amines is 1. The zero-order chi connectivity index (χ0) is 13.5. The lowest BCUT2D eigenvalue weighted by Crippen LogP contribution is -2.29. The molecule has 2 heterocycles. The molecule has 0 bridgehead atoms. The van der Waals surface area contributed by atoms with Crippen LogP contribution in [0.1, 0.15) is 22.9 Å². The molecule has 2 N–H and O–H groups in total. The first kappa shape index (κ1) is 12.1. The Morgan fingerprint density at radius 1 is 1.15 bits per heavy atom. The number of aromatic nitrogens is 2. The van der Waals surface area contributed by atoms with Crippen LogP contribution < -0.4 is 5.32 Å². The highest BCUT2D eigenvalue weighted by Crippen LogP contribution is 2.30. The summed E-state index contributed by atoms with van der Waals surface area (Å²) in [6.45, 7) is 1.87. The molecule has 1 aromatic heterocycles. The summed E-state index contributed by atoms with van der Waals surface area (Å²) >= 11 is 3.50. The topological polar surface area (TPSA) is 40.7 Å². The molecule has 1 aliphatic rings. The third-order valence-corrected chi connectivity index (χ3v) is 4.38. The van der Waals surface area contributed by atoms with Gasteiger partial charge in [0.1, 0.15) is 5.82 Å². The van der Waals surface area contributed by atoms with Crippen molar-refractivity contribution in [3.8, 4) is 0 Å². The third kappa shape index (κ3) is 1.96. The number of hydrogen-bond donors (Lipinski definition) is 2. The van der Waals surface area contributed by atoms with E-state index in [4.69, 9.17) is 4.98 Å². The van der Waals surface area contributed by atoms with Crippen LogP contribution in [0.4, 0.5) is 0 Å². The molecular formula is C16H14BrN3. The van der Waals surface area contributed by atoms with Gasteiger partial charge in [0.2, 0.25) is 0 Å². The van der Waals surface area contributed by atoms with Crippen LogP contribution in [0.15, 0.2) is 46.9 Å². The van der Waals surface area contributed by atoms with Crippen molar-refractivity contribution in [2.24, 2.45) is 0 Å². The second-order valence-electron chi connectivity index (χ2n) is 5.17. The van der Waals surface area contributed by atoms with Gasteiger partial charge in [0.25, 0.3) is 0 Å². The van der Waals surface area contributed by atoms with E-state index in [1.54, 1.807) is 0 Å². The van der Waals surface area contributed by atoms with Gasteiger partial charge in [0, 0.05) is 17.6 Å². The lowest BCUT2D eigenvalue weighted by atomic mass is 9.90. The van der Waals surface area contributed by atoms with E-state index >= 15 is 0 Å². The maximum Gasteiger partial charge on any atom is 0.116 e. The van der Waals surface area contributed by atoms with Crippen LogP contribution in [0, 0.1) is 0 Å². The average Bonchev–Trinajstić information content (AvgIpc) is 2.89. The fourth-order valence-corrected chi connectivity index (χ4v) is 3.27. The van der Waals surface area contributed by atoms with Crippen LogP contribution in [0.2, 0.25) is 0 Å². The van der Waals surface area contributed by atoms with Crippen molar-refractivity contribution >= 4 is 27.0 Å². The van der Waals surface area contributed by atoms with Gasteiger partial charge in [-0.3, -0.25) is 0 Å². The normalized spacial score (nSPS) is 18.1. The molecule has 0 fully saturated rings. The van der Waals surface area contributed by atoms with Gasteiger partial charge in [-0.05, 0) is 29.3 Å². The molecule has 1 aliphatic heterocycles. The number of nitrogens with one attached hydrogen (secondary N) is 2. The lowest BCUT2D eigenvalue weighted by Gasteiger charge is -2.24. The first-order valence-electron chi connectivity index (χ1n) is 6.75. The summed E-state index contributed by atoms with van der Waals surface area (Å²) < 4.78 is 1.07. The predicted octanol–water partition coefficient (Wildman–Crippen LogP) is 3.56. The molecule has 0 spiro atoms. The van der Waals surface area contributed by atoms with E-state index in [-0.39, 0.29) is 0 Å². The monoisotopic (exact) mass is 327 g/mol. The number of imidazole rings is 1. The largest absolute Gasteiger partial charge is 0.341 e. The number of fused-ring (bicyclic) bond motifs is 2. The quantitative estimate of drug-likeness (QED) is 0.717. The van der Waals surface area contributed by atoms with Crippen molar-refractivity contribution in [2.75, 3.05) is 6.54 Å². The third-order valence-electron chi connectivity index (χ3n) is 3.89. The number of nitrogens with zero attached hydrogens (tertiary/aromatic N) is 1. The molecule has 1 atom stereocenters. The number of halogens is 1. The Morgan fingerprint density at radius 3 is 3.00 bits per heavy atom. The summed E-state index contributed by atoms with van der Waals surface area (Å²) in [4.78, 5) is 8.23. The second-order valence-corrected chi connectivity index (χ2v) is 6.08. The van der Waals surface area contributed by atoms with Crippen LogP contribution in [0.3, 0.4) is 0 Å². The van der Waals surface area contributed by atoms with Crippen LogP contribution in [0.5, 0.6) is 0 Å². The minimum atomic E-state index is 0.297. The van der Waals surface area contributed by atoms with Gasteiger partial charge in [-0.15, -0.1) is 0 Å². The van der Waals surface area contributed by atoms with E-state index in [0.29, 0.717) is 5.92 Å². The number of rotatable bonds is 1. The van der Waals surface area contributed by atoms with Crippen LogP contribution in [0.25, 0.3) is 11.0 Å². The van der Waals surface area contributed by atoms with E-state index in [1.165, 1.54) is 11.1 Å². The number of H-pyrrole nitrogens is 1. The maximum absolute atomic E-state index is 4.76. The highest BCUT2D eigenvalue weighted by Gasteiger charge is 2.23. The Bertz CT molecular complexity index is 778. The van der Waals surface area contributed by atoms with Crippen molar-refractivity contribution in [3.63, 3.8) is 0 Å². The summed E-state index contributed by atoms with van der Waals surface area (Å²) in [5.41, 5.74) is 4.85. The molecule has 0 radical (unpaired) electrons. The van der Waals surface area contributed by atoms with Crippen LogP contribution in [-0.4, -0.2) is 16.5 Å². The van der Waals surface area contributed by atoms with E-state index < -0.39 is 0 Å². The average molecular weight is 328 g/mol. The Balaban J connectivity index is 1.84. The molecule has 3 nitrogen and oxygen atoms in total. The maximum atomic E-state index is 4.76. The second kappa shape index (κ2) is 4.72. The van der Waals surface area contributed by atoms with E-state index in [2.05, 4.69) is 56.6 Å². The summed E-state index contributed by atoms with van der Waals surface area (Å²) in [6.07, 6.45) is 0. The van der Waals surface area contributed by atoms with Gasteiger partial charge in [-0.2, -0.15) is 0 Å². The Morgan fingerprint density at radius 2 is 2.05 bits per heavy atom. The van der Waals surface area contributed by atoms with Crippen molar-refractivity contribution < 1.29 is 0 Å². The molecular weight excluding hydrogens is 314 g/mol. The van der Waals surface area contributed by atoms with Gasteiger partial charge in [0.05, 0.1) is 17.0 Å². The first-order valence-corrected chi connectivity index (χ1v) is 7.54. The highest BCUT2D eigenvalue weighted by molar-refractivity contribution is 9.10. The molecule has 0 amide bonds. The minimum absolute atomic E-state index is 0.297. The summed E-state index contributed by atoms with van der Waals surface area (Å²) in [6, 6.07) is 14.8. The summed E-state index contributed by atoms with van der Waals surface area (Å²) in [7, 11) is 0. The van der Waals surface area contributed by atoms with Gasteiger partial charge < -0.3 is 10.3 Å². The van der Waals surface area contributed by atoms with Gasteiger partial charge >= 0.3 is 0 Å². The highest BCUT2D eigenvalue weighted by atomic mass is 79.9. The van der Waals surface area contributed by atoms with Gasteiger partial charge in [-0.1, -0.05) is 40.2 Å². The van der Waals surface area contributed by atoms with Crippen LogP contribution in [-0.2, 0) is 6.54 Å². The molecule has 0 aliphatic carbocycles. The Labute approximate surface area is 125 Å². The van der Waals surface area contributed by atoms with E-state index in [0.717, 1.165) is 34.4 Å². The van der Waals surface area contributed by atoms with Crippen molar-refractivity contribution in [2.45, 2.75) is 12.5 Å². The van der Waals surface area contributed by atoms with Crippen molar-refractivity contribution in [1.29, 1.82) is 0 Å². The standard InChI is InChI=1S/C16H14BrN3/c17-11-5-6-14-15(7-11)20-16(19-14)13-9-18-8-10-3-1-2-4-12(10)13/h1-7,13,18H,8-9H2,(H,19,20). The van der Waals surface area contributed by atoms with Crippen molar-refractivity contribution in [3.05, 3.63) is 63.9 Å². The Hall–Kier alpha value is -1.65. The van der Waals surface area contributed by atoms with Gasteiger partial charge in [0.15, 0.2) is 0 Å². The van der Waals surface area contributed by atoms with E-state index in [9.17, 15) is 0 Å². The first-order chi connectivity index (χ1) is 9.81.